The summed E-state index contributed by atoms with van der Waals surface area (Å²) in [6, 6.07) is 9.48. The molecule has 0 unspecified atom stereocenters. The van der Waals surface area contributed by atoms with Gasteiger partial charge in [-0.2, -0.15) is 0 Å². The number of benzene rings is 1. The molecule has 1 N–H and O–H groups in total. The Morgan fingerprint density at radius 3 is 2.39 bits per heavy atom. The van der Waals surface area contributed by atoms with Gasteiger partial charge in [-0.1, -0.05) is 11.8 Å². The summed E-state index contributed by atoms with van der Waals surface area (Å²) in [5.74, 6) is -0.0771. The predicted octanol–water partition coefficient (Wildman–Crippen LogP) is 5.80. The first-order valence-corrected chi connectivity index (χ1v) is 13.0. The highest BCUT2D eigenvalue weighted by Gasteiger charge is 2.24. The number of hydrogen-bond donors (Lipinski definition) is 1. The summed E-state index contributed by atoms with van der Waals surface area (Å²) >= 11 is 4.55. The van der Waals surface area contributed by atoms with E-state index in [0.29, 0.717) is 17.1 Å². The number of aromatic nitrogens is 3. The predicted molar refractivity (Wildman–Crippen MR) is 134 cm³/mol. The Balaban J connectivity index is 1.45. The van der Waals surface area contributed by atoms with Crippen LogP contribution in [0.15, 0.2) is 46.2 Å². The van der Waals surface area contributed by atoms with E-state index in [2.05, 4.69) is 41.5 Å². The normalized spacial score (nSPS) is 13.6. The zero-order valence-corrected chi connectivity index (χ0v) is 20.7. The number of rotatable bonds is 6. The SMILES string of the molecule is Cc1ccsc1-c1nnc(S[C@H](C)C(=O)c2ccc3c(c2)CC(=O)N3)nc1-c1sccc1C. The summed E-state index contributed by atoms with van der Waals surface area (Å²) in [6.45, 7) is 5.97. The van der Waals surface area contributed by atoms with Crippen LogP contribution in [-0.4, -0.2) is 32.1 Å². The minimum absolute atomic E-state index is 0.0298. The monoisotopic (exact) mass is 492 g/mol. The highest BCUT2D eigenvalue weighted by Crippen LogP contribution is 2.38. The smallest absolute Gasteiger partial charge is 0.228 e. The Bertz CT molecular complexity index is 1390. The topological polar surface area (TPSA) is 84.8 Å². The number of aryl methyl sites for hydroxylation is 2. The second-order valence-corrected chi connectivity index (χ2v) is 11.0. The maximum Gasteiger partial charge on any atom is 0.228 e. The maximum absolute atomic E-state index is 13.1. The molecule has 0 bridgehead atoms. The van der Waals surface area contributed by atoms with Crippen molar-refractivity contribution in [2.24, 2.45) is 0 Å². The van der Waals surface area contributed by atoms with Gasteiger partial charge in [-0.05, 0) is 78.6 Å². The largest absolute Gasteiger partial charge is 0.326 e. The fourth-order valence-electron chi connectivity index (χ4n) is 3.73. The van der Waals surface area contributed by atoms with Crippen molar-refractivity contribution >= 4 is 51.8 Å². The number of thiophene rings is 2. The molecule has 0 spiro atoms. The molecule has 1 aliphatic rings. The Morgan fingerprint density at radius 1 is 1.03 bits per heavy atom. The van der Waals surface area contributed by atoms with E-state index in [1.807, 2.05) is 17.7 Å². The number of hydrogen-bond acceptors (Lipinski definition) is 8. The number of nitrogens with zero attached hydrogens (tertiary/aromatic N) is 3. The molecule has 9 heteroatoms. The van der Waals surface area contributed by atoms with Gasteiger partial charge in [0.15, 0.2) is 5.78 Å². The van der Waals surface area contributed by atoms with E-state index in [1.54, 1.807) is 40.9 Å². The summed E-state index contributed by atoms with van der Waals surface area (Å²) in [4.78, 5) is 31.7. The number of amides is 1. The van der Waals surface area contributed by atoms with Crippen molar-refractivity contribution < 1.29 is 9.59 Å². The molecule has 3 aromatic heterocycles. The summed E-state index contributed by atoms with van der Waals surface area (Å²) in [7, 11) is 0. The lowest BCUT2D eigenvalue weighted by atomic mass is 10.0. The van der Waals surface area contributed by atoms with Crippen LogP contribution >= 0.6 is 34.4 Å². The van der Waals surface area contributed by atoms with Gasteiger partial charge in [0.2, 0.25) is 11.1 Å². The van der Waals surface area contributed by atoms with Gasteiger partial charge in [0, 0.05) is 11.3 Å². The van der Waals surface area contributed by atoms with Gasteiger partial charge in [0.05, 0.1) is 21.4 Å². The Labute approximate surface area is 203 Å². The van der Waals surface area contributed by atoms with Crippen LogP contribution in [0.25, 0.3) is 21.1 Å². The van der Waals surface area contributed by atoms with Crippen molar-refractivity contribution in [2.75, 3.05) is 5.32 Å². The van der Waals surface area contributed by atoms with E-state index in [9.17, 15) is 9.59 Å². The van der Waals surface area contributed by atoms with Crippen LogP contribution in [-0.2, 0) is 11.2 Å². The van der Waals surface area contributed by atoms with Gasteiger partial charge in [0.25, 0.3) is 0 Å². The number of nitrogens with one attached hydrogen (secondary N) is 1. The molecule has 166 valence electrons. The molecular formula is C24H20N4O2S3. The summed E-state index contributed by atoms with van der Waals surface area (Å²) in [6.07, 6.45) is 0.304. The van der Waals surface area contributed by atoms with Crippen LogP contribution in [0.3, 0.4) is 0 Å². The first-order chi connectivity index (χ1) is 15.9. The number of Topliss-reactive ketones (excluding diaryl/α,β-unsaturated/α-hetero) is 1. The third-order valence-electron chi connectivity index (χ3n) is 5.49. The molecule has 0 fully saturated rings. The van der Waals surface area contributed by atoms with Gasteiger partial charge >= 0.3 is 0 Å². The van der Waals surface area contributed by atoms with Crippen LogP contribution in [0.4, 0.5) is 5.69 Å². The lowest BCUT2D eigenvalue weighted by molar-refractivity contribution is -0.115. The minimum atomic E-state index is -0.401. The van der Waals surface area contributed by atoms with Crippen molar-refractivity contribution in [2.45, 2.75) is 37.6 Å². The minimum Gasteiger partial charge on any atom is -0.326 e. The van der Waals surface area contributed by atoms with Crippen LogP contribution in [0.2, 0.25) is 0 Å². The van der Waals surface area contributed by atoms with Crippen LogP contribution < -0.4 is 5.32 Å². The van der Waals surface area contributed by atoms with Crippen LogP contribution in [0.5, 0.6) is 0 Å². The highest BCUT2D eigenvalue weighted by atomic mass is 32.2. The number of carbonyl (C=O) groups excluding carboxylic acids is 2. The maximum atomic E-state index is 13.1. The van der Waals surface area contributed by atoms with Gasteiger partial charge in [0.1, 0.15) is 11.4 Å². The van der Waals surface area contributed by atoms with E-state index in [4.69, 9.17) is 4.98 Å². The lowest BCUT2D eigenvalue weighted by Gasteiger charge is -2.12. The standard InChI is InChI=1S/C24H20N4O2S3/c1-12-6-8-31-22(12)19-20(23-13(2)7-9-32-23)27-28-24(26-19)33-14(3)21(30)15-4-5-17-16(10-15)11-18(29)25-17/h4-10,14H,11H2,1-3H3,(H,25,29)/t14-/m1/s1. The average molecular weight is 493 g/mol. The van der Waals surface area contributed by atoms with E-state index < -0.39 is 5.25 Å². The number of anilines is 1. The van der Waals surface area contributed by atoms with E-state index in [0.717, 1.165) is 43.5 Å². The molecule has 1 aliphatic heterocycles. The fourth-order valence-corrected chi connectivity index (χ4v) is 6.35. The quantitative estimate of drug-likeness (QED) is 0.270. The molecule has 0 saturated carbocycles. The van der Waals surface area contributed by atoms with Crippen molar-refractivity contribution in [1.29, 1.82) is 0 Å². The highest BCUT2D eigenvalue weighted by molar-refractivity contribution is 8.00. The van der Waals surface area contributed by atoms with Gasteiger partial charge in [-0.15, -0.1) is 32.9 Å². The molecule has 4 heterocycles. The molecule has 4 aromatic rings. The summed E-state index contributed by atoms with van der Waals surface area (Å²) in [5, 5.41) is 15.9. The lowest BCUT2D eigenvalue weighted by Crippen LogP contribution is -2.14. The number of fused-ring (bicyclic) bond motifs is 1. The summed E-state index contributed by atoms with van der Waals surface area (Å²) in [5.41, 5.74) is 6.06. The van der Waals surface area contributed by atoms with Gasteiger partial charge in [-0.3, -0.25) is 9.59 Å². The number of carbonyl (C=O) groups is 2. The molecule has 6 nitrogen and oxygen atoms in total. The van der Waals surface area contributed by atoms with Crippen molar-refractivity contribution in [3.8, 4) is 21.1 Å². The Kier molecular flexibility index (Phi) is 5.86. The zero-order valence-electron chi connectivity index (χ0n) is 18.2. The summed E-state index contributed by atoms with van der Waals surface area (Å²) < 4.78 is 0. The second kappa shape index (κ2) is 8.81. The number of thioether (sulfide) groups is 1. The van der Waals surface area contributed by atoms with Gasteiger partial charge in [-0.25, -0.2) is 4.98 Å². The van der Waals surface area contributed by atoms with Crippen molar-refractivity contribution in [1.82, 2.24) is 15.2 Å². The fraction of sp³-hybridized carbons (Fsp3) is 0.208. The van der Waals surface area contributed by atoms with Crippen molar-refractivity contribution in [3.63, 3.8) is 0 Å². The molecule has 0 radical (unpaired) electrons. The molecule has 1 amide bonds. The number of ketones is 1. The Morgan fingerprint density at radius 2 is 1.73 bits per heavy atom. The molecule has 0 aliphatic carbocycles. The van der Waals surface area contributed by atoms with Crippen LogP contribution in [0, 0.1) is 13.8 Å². The molecule has 1 aromatic carbocycles. The Hall–Kier alpha value is -2.88. The molecule has 33 heavy (non-hydrogen) atoms. The first-order valence-electron chi connectivity index (χ1n) is 10.4. The second-order valence-electron chi connectivity index (χ2n) is 7.88. The third-order valence-corrected chi connectivity index (χ3v) is 8.49. The molecular weight excluding hydrogens is 472 g/mol. The van der Waals surface area contributed by atoms with E-state index >= 15 is 0 Å². The average Bonchev–Trinajstić information content (AvgIpc) is 3.51. The molecule has 5 rings (SSSR count). The van der Waals surface area contributed by atoms with Crippen LogP contribution in [0.1, 0.15) is 34.0 Å². The first kappa shape index (κ1) is 21.9. The zero-order chi connectivity index (χ0) is 23.1. The third kappa shape index (κ3) is 4.23. The van der Waals surface area contributed by atoms with E-state index in [-0.39, 0.29) is 11.7 Å². The van der Waals surface area contributed by atoms with Gasteiger partial charge < -0.3 is 5.32 Å². The molecule has 0 saturated heterocycles. The van der Waals surface area contributed by atoms with Crippen molar-refractivity contribution in [3.05, 3.63) is 63.3 Å². The van der Waals surface area contributed by atoms with E-state index in [1.165, 1.54) is 11.8 Å². The molecule has 1 atom stereocenters.